The second kappa shape index (κ2) is 7.79. The number of rotatable bonds is 6. The standard InChI is InChI=1S/C14H18ClNO3/c1-3-4-9-19-14(18)10(2)16-13(17)11-7-5-6-8-12(11)15/h5-8,10H,3-4,9H2,1-2H3,(H,16,17). The zero-order valence-electron chi connectivity index (χ0n) is 11.1. The van der Waals surface area contributed by atoms with Gasteiger partial charge in [0.25, 0.3) is 5.91 Å². The number of carbonyl (C=O) groups is 2. The lowest BCUT2D eigenvalue weighted by Crippen LogP contribution is -2.39. The lowest BCUT2D eigenvalue weighted by molar-refractivity contribution is -0.145. The molecule has 0 heterocycles. The molecule has 0 aliphatic rings. The van der Waals surface area contributed by atoms with E-state index in [1.165, 1.54) is 0 Å². The Labute approximate surface area is 118 Å². The number of hydrogen-bond donors (Lipinski definition) is 1. The predicted octanol–water partition coefficient (Wildman–Crippen LogP) is 2.80. The molecule has 1 rings (SSSR count). The number of halogens is 1. The molecule has 0 fully saturated rings. The van der Waals surface area contributed by atoms with Gasteiger partial charge in [0.1, 0.15) is 6.04 Å². The summed E-state index contributed by atoms with van der Waals surface area (Å²) < 4.78 is 5.02. The van der Waals surface area contributed by atoms with Gasteiger partial charge in [0.2, 0.25) is 0 Å². The third kappa shape index (κ3) is 4.91. The molecule has 1 unspecified atom stereocenters. The van der Waals surface area contributed by atoms with E-state index >= 15 is 0 Å². The highest BCUT2D eigenvalue weighted by atomic mass is 35.5. The first-order chi connectivity index (χ1) is 9.06. The molecule has 1 amide bonds. The molecule has 0 aromatic heterocycles. The summed E-state index contributed by atoms with van der Waals surface area (Å²) in [6.45, 7) is 3.97. The number of amides is 1. The maximum atomic E-state index is 11.9. The summed E-state index contributed by atoms with van der Waals surface area (Å²) in [5.41, 5.74) is 0.345. The number of hydrogen-bond acceptors (Lipinski definition) is 3. The van der Waals surface area contributed by atoms with Crippen LogP contribution in [0.3, 0.4) is 0 Å². The van der Waals surface area contributed by atoms with Crippen molar-refractivity contribution < 1.29 is 14.3 Å². The molecule has 19 heavy (non-hydrogen) atoms. The van der Waals surface area contributed by atoms with E-state index < -0.39 is 12.0 Å². The van der Waals surface area contributed by atoms with Crippen LogP contribution in [0.5, 0.6) is 0 Å². The fourth-order valence-corrected chi connectivity index (χ4v) is 1.64. The van der Waals surface area contributed by atoms with Gasteiger partial charge in [-0.05, 0) is 25.5 Å². The molecule has 1 atom stereocenters. The highest BCUT2D eigenvalue weighted by Gasteiger charge is 2.18. The maximum absolute atomic E-state index is 11.9. The van der Waals surface area contributed by atoms with Gasteiger partial charge in [-0.3, -0.25) is 4.79 Å². The molecule has 4 nitrogen and oxygen atoms in total. The molecular formula is C14H18ClNO3. The Balaban J connectivity index is 2.52. The first-order valence-electron chi connectivity index (χ1n) is 6.28. The number of benzene rings is 1. The zero-order chi connectivity index (χ0) is 14.3. The van der Waals surface area contributed by atoms with Crippen LogP contribution in [0.1, 0.15) is 37.0 Å². The van der Waals surface area contributed by atoms with Gasteiger partial charge in [0, 0.05) is 0 Å². The van der Waals surface area contributed by atoms with E-state index in [-0.39, 0.29) is 5.91 Å². The summed E-state index contributed by atoms with van der Waals surface area (Å²) in [4.78, 5) is 23.5. The second-order valence-corrected chi connectivity index (χ2v) is 4.60. The Morgan fingerprint density at radius 1 is 1.37 bits per heavy atom. The van der Waals surface area contributed by atoms with Gasteiger partial charge in [-0.2, -0.15) is 0 Å². The average molecular weight is 284 g/mol. The van der Waals surface area contributed by atoms with E-state index in [1.807, 2.05) is 6.92 Å². The fourth-order valence-electron chi connectivity index (χ4n) is 1.42. The van der Waals surface area contributed by atoms with E-state index in [9.17, 15) is 9.59 Å². The van der Waals surface area contributed by atoms with Crippen LogP contribution in [0.2, 0.25) is 5.02 Å². The minimum absolute atomic E-state index is 0.345. The van der Waals surface area contributed by atoms with E-state index in [1.54, 1.807) is 31.2 Å². The molecule has 0 radical (unpaired) electrons. The predicted molar refractivity (Wildman–Crippen MR) is 74.2 cm³/mol. The van der Waals surface area contributed by atoms with Crippen molar-refractivity contribution in [2.24, 2.45) is 0 Å². The topological polar surface area (TPSA) is 55.4 Å². The molecule has 5 heteroatoms. The Morgan fingerprint density at radius 2 is 2.05 bits per heavy atom. The molecule has 1 aromatic rings. The Morgan fingerprint density at radius 3 is 2.68 bits per heavy atom. The van der Waals surface area contributed by atoms with Crippen LogP contribution < -0.4 is 5.32 Å². The van der Waals surface area contributed by atoms with Crippen molar-refractivity contribution in [2.45, 2.75) is 32.7 Å². The summed E-state index contributed by atoms with van der Waals surface area (Å²) >= 11 is 5.91. The highest BCUT2D eigenvalue weighted by molar-refractivity contribution is 6.33. The third-order valence-electron chi connectivity index (χ3n) is 2.56. The van der Waals surface area contributed by atoms with Gasteiger partial charge in [-0.25, -0.2) is 4.79 Å². The summed E-state index contributed by atoms with van der Waals surface area (Å²) in [5, 5.41) is 2.92. The van der Waals surface area contributed by atoms with Crippen LogP contribution in [-0.2, 0) is 9.53 Å². The largest absolute Gasteiger partial charge is 0.464 e. The van der Waals surface area contributed by atoms with Crippen LogP contribution in [0.25, 0.3) is 0 Å². The van der Waals surface area contributed by atoms with Crippen LogP contribution in [0.15, 0.2) is 24.3 Å². The van der Waals surface area contributed by atoms with Crippen molar-refractivity contribution in [1.29, 1.82) is 0 Å². The molecule has 0 bridgehead atoms. The maximum Gasteiger partial charge on any atom is 0.328 e. The van der Waals surface area contributed by atoms with Gasteiger partial charge in [0.15, 0.2) is 0 Å². The lowest BCUT2D eigenvalue weighted by atomic mass is 10.2. The quantitative estimate of drug-likeness (QED) is 0.645. The van der Waals surface area contributed by atoms with Gasteiger partial charge >= 0.3 is 5.97 Å². The average Bonchev–Trinajstić information content (AvgIpc) is 2.39. The van der Waals surface area contributed by atoms with Gasteiger partial charge in [-0.15, -0.1) is 0 Å². The Hall–Kier alpha value is -1.55. The molecule has 0 saturated carbocycles. The van der Waals surface area contributed by atoms with E-state index in [4.69, 9.17) is 16.3 Å². The van der Waals surface area contributed by atoms with E-state index in [2.05, 4.69) is 5.32 Å². The summed E-state index contributed by atoms with van der Waals surface area (Å²) in [6.07, 6.45) is 1.77. The molecule has 0 aliphatic carbocycles. The number of carbonyl (C=O) groups excluding carboxylic acids is 2. The second-order valence-electron chi connectivity index (χ2n) is 4.20. The molecule has 0 spiro atoms. The Kier molecular flexibility index (Phi) is 6.36. The zero-order valence-corrected chi connectivity index (χ0v) is 11.9. The minimum Gasteiger partial charge on any atom is -0.464 e. The van der Waals surface area contributed by atoms with Gasteiger partial charge in [0.05, 0.1) is 17.2 Å². The van der Waals surface area contributed by atoms with Crippen LogP contribution >= 0.6 is 11.6 Å². The third-order valence-corrected chi connectivity index (χ3v) is 2.89. The molecule has 1 aromatic carbocycles. The lowest BCUT2D eigenvalue weighted by Gasteiger charge is -2.13. The number of unbranched alkanes of at least 4 members (excludes halogenated alkanes) is 1. The smallest absolute Gasteiger partial charge is 0.328 e. The van der Waals surface area contributed by atoms with Crippen molar-refractivity contribution in [3.63, 3.8) is 0 Å². The van der Waals surface area contributed by atoms with Gasteiger partial charge in [-0.1, -0.05) is 37.1 Å². The van der Waals surface area contributed by atoms with Crippen LogP contribution in [0, 0.1) is 0 Å². The van der Waals surface area contributed by atoms with Crippen molar-refractivity contribution in [3.8, 4) is 0 Å². The van der Waals surface area contributed by atoms with Crippen LogP contribution in [-0.4, -0.2) is 24.5 Å². The number of esters is 1. The van der Waals surface area contributed by atoms with Crippen molar-refractivity contribution in [3.05, 3.63) is 34.9 Å². The molecule has 0 saturated heterocycles. The van der Waals surface area contributed by atoms with Crippen LogP contribution in [0.4, 0.5) is 0 Å². The van der Waals surface area contributed by atoms with Crippen molar-refractivity contribution in [1.82, 2.24) is 5.32 Å². The first-order valence-corrected chi connectivity index (χ1v) is 6.66. The fraction of sp³-hybridized carbons (Fsp3) is 0.429. The molecule has 0 aliphatic heterocycles. The Bertz CT molecular complexity index is 448. The number of ether oxygens (including phenoxy) is 1. The van der Waals surface area contributed by atoms with E-state index in [0.717, 1.165) is 12.8 Å². The highest BCUT2D eigenvalue weighted by Crippen LogP contribution is 2.14. The first kappa shape index (κ1) is 15.5. The molecular weight excluding hydrogens is 266 g/mol. The number of nitrogens with one attached hydrogen (secondary N) is 1. The monoisotopic (exact) mass is 283 g/mol. The minimum atomic E-state index is -0.694. The molecule has 104 valence electrons. The normalized spacial score (nSPS) is 11.7. The van der Waals surface area contributed by atoms with Crippen molar-refractivity contribution >= 4 is 23.5 Å². The SMILES string of the molecule is CCCCOC(=O)C(C)NC(=O)c1ccccc1Cl. The molecule has 1 N–H and O–H groups in total. The van der Waals surface area contributed by atoms with E-state index in [0.29, 0.717) is 17.2 Å². The summed E-state index contributed by atoms with van der Waals surface area (Å²) in [6, 6.07) is 5.99. The summed E-state index contributed by atoms with van der Waals surface area (Å²) in [7, 11) is 0. The van der Waals surface area contributed by atoms with Crippen molar-refractivity contribution in [2.75, 3.05) is 6.61 Å². The summed E-state index contributed by atoms with van der Waals surface area (Å²) in [5.74, 6) is -0.820. The van der Waals surface area contributed by atoms with Gasteiger partial charge < -0.3 is 10.1 Å².